The van der Waals surface area contributed by atoms with Gasteiger partial charge in [-0.25, -0.2) is 5.06 Å². The van der Waals surface area contributed by atoms with Crippen molar-refractivity contribution in [1.29, 1.82) is 0 Å². The molecule has 1 fully saturated rings. The van der Waals surface area contributed by atoms with Gasteiger partial charge >= 0.3 is 11.9 Å². The predicted molar refractivity (Wildman–Crippen MR) is 209 cm³/mol. The van der Waals surface area contributed by atoms with E-state index in [9.17, 15) is 39.9 Å². The lowest BCUT2D eigenvalue weighted by molar-refractivity contribution is -0.323. The molecule has 0 amide bonds. The molecule has 7 rings (SSSR count). The number of fused-ring (bicyclic) bond motifs is 2. The van der Waals surface area contributed by atoms with Crippen molar-refractivity contribution in [3.63, 3.8) is 0 Å². The van der Waals surface area contributed by atoms with Crippen LogP contribution in [0.15, 0.2) is 98.5 Å². The molecule has 304 valence electrons. The molecule has 3 aliphatic heterocycles. The zero-order chi connectivity index (χ0) is 41.2. The maximum absolute atomic E-state index is 13.5. The highest BCUT2D eigenvalue weighted by Crippen LogP contribution is 2.40. The number of carbonyl (C=O) groups is 2. The number of nitrogens with zero attached hydrogens (tertiary/aromatic N) is 2. The van der Waals surface area contributed by atoms with E-state index in [1.165, 1.54) is 43.6 Å². The molecule has 1 aromatic heterocycles. The number of aliphatic carboxylic acids is 1. The third kappa shape index (κ3) is 8.11. The topological polar surface area (TPSA) is 230 Å². The van der Waals surface area contributed by atoms with E-state index in [0.717, 1.165) is 22.3 Å². The molecule has 0 bridgehead atoms. The van der Waals surface area contributed by atoms with E-state index in [4.69, 9.17) is 23.5 Å². The highest BCUT2D eigenvalue weighted by atomic mass is 16.8. The van der Waals surface area contributed by atoms with Crippen LogP contribution in [-0.4, -0.2) is 112 Å². The standard InChI is InChI=1S/C42H43N3O13/c1-21-14-22(2)16-25(15-21)35-34-24(10-12-44-34)18-45(35)58-39-38(50)37(49)32(20-55-41(53)33(40(51)52)30(43-3)11-13-46)57-42(39)56-27-8-9-28-31(17-27)54-19-29(36(28)48)23-4-6-26(47)7-5-23/h4-10,12,14-17,19,30,32-33,37-39,42-43,46-47,49-50H,11,13,18,20H2,1-3H3,(H,51,52)/t30-,32+,33+,37+,38-,39+,42+/m1/s1. The molecule has 1 saturated heterocycles. The number of esters is 1. The number of nitrogens with one attached hydrogen (secondary N) is 1. The third-order valence-corrected chi connectivity index (χ3v) is 10.3. The van der Waals surface area contributed by atoms with E-state index in [2.05, 4.69) is 10.3 Å². The monoisotopic (exact) mass is 797 g/mol. The van der Waals surface area contributed by atoms with Crippen molar-refractivity contribution in [3.05, 3.63) is 111 Å². The SMILES string of the molecule is CN[C@H](CCO)[C@@H](C(=O)O)C(=O)OC[C@@H]1O[C@H](Oc2ccc3c(=O)c(-c4ccc(O)cc4)coc3c2)[C@@H](ON2CC3=CC=NC3=C2c2cc(C)cc(C)c2)[C@H](O)[C@H]1O. The number of hydrogen-bond acceptors (Lipinski definition) is 15. The Morgan fingerprint density at radius 1 is 1.02 bits per heavy atom. The molecule has 0 radical (unpaired) electrons. The Balaban J connectivity index is 1.19. The fourth-order valence-corrected chi connectivity index (χ4v) is 7.40. The number of aliphatic hydroxyl groups excluding tert-OH is 3. The summed E-state index contributed by atoms with van der Waals surface area (Å²) < 4.78 is 23.7. The van der Waals surface area contributed by atoms with Gasteiger partial charge in [-0.05, 0) is 75.4 Å². The molecule has 6 N–H and O–H groups in total. The lowest BCUT2D eigenvalue weighted by atomic mass is 9.97. The first-order valence-electron chi connectivity index (χ1n) is 18.6. The van der Waals surface area contributed by atoms with Gasteiger partial charge < -0.3 is 49.5 Å². The van der Waals surface area contributed by atoms with E-state index in [0.29, 0.717) is 17.0 Å². The first kappa shape index (κ1) is 40.3. The minimum atomic E-state index is -1.72. The summed E-state index contributed by atoms with van der Waals surface area (Å²) in [4.78, 5) is 49.7. The zero-order valence-corrected chi connectivity index (χ0v) is 31.8. The molecule has 3 aliphatic rings. The quantitative estimate of drug-likeness (QED) is 0.0796. The van der Waals surface area contributed by atoms with Gasteiger partial charge in [-0.3, -0.25) is 24.2 Å². The summed E-state index contributed by atoms with van der Waals surface area (Å²) in [7, 11) is 1.44. The number of carboxylic acids is 1. The van der Waals surface area contributed by atoms with Gasteiger partial charge in [-0.2, -0.15) is 0 Å². The molecule has 58 heavy (non-hydrogen) atoms. The average Bonchev–Trinajstić information content (AvgIpc) is 3.78. The molecule has 4 aromatic rings. The number of phenolic OH excluding ortho intramolecular Hbond substituents is 1. The lowest BCUT2D eigenvalue weighted by Gasteiger charge is -2.43. The summed E-state index contributed by atoms with van der Waals surface area (Å²) in [6, 6.07) is 15.5. The largest absolute Gasteiger partial charge is 0.508 e. The van der Waals surface area contributed by atoms with Crippen molar-refractivity contribution in [2.24, 2.45) is 10.9 Å². The van der Waals surface area contributed by atoms with E-state index in [1.807, 2.05) is 38.1 Å². The van der Waals surface area contributed by atoms with Crippen LogP contribution in [-0.2, 0) is 23.9 Å². The smallest absolute Gasteiger partial charge is 0.322 e. The number of aliphatic hydroxyl groups is 3. The van der Waals surface area contributed by atoms with E-state index < -0.39 is 61.2 Å². The van der Waals surface area contributed by atoms with Gasteiger partial charge in [0.15, 0.2) is 17.5 Å². The Hall–Kier alpha value is -5.88. The van der Waals surface area contributed by atoms with Gasteiger partial charge in [0, 0.05) is 36.1 Å². The second-order valence-electron chi connectivity index (χ2n) is 14.3. The normalized spacial score (nSPS) is 22.5. The summed E-state index contributed by atoms with van der Waals surface area (Å²) in [6.07, 6.45) is -3.01. The first-order valence-corrected chi connectivity index (χ1v) is 18.6. The van der Waals surface area contributed by atoms with Crippen molar-refractivity contribution < 1.29 is 58.6 Å². The van der Waals surface area contributed by atoms with Gasteiger partial charge in [-0.15, -0.1) is 0 Å². The minimum absolute atomic E-state index is 0.0437. The number of aromatic hydroxyl groups is 1. The Morgan fingerprint density at radius 2 is 1.76 bits per heavy atom. The number of aryl methyl sites for hydroxylation is 2. The number of ether oxygens (including phenoxy) is 3. The van der Waals surface area contributed by atoms with Crippen molar-refractivity contribution in [1.82, 2.24) is 10.4 Å². The lowest BCUT2D eigenvalue weighted by Crippen LogP contribution is -2.62. The number of hydrogen-bond donors (Lipinski definition) is 6. The number of carboxylic acid groups (broad SMARTS) is 1. The van der Waals surface area contributed by atoms with Crippen LogP contribution in [0.25, 0.3) is 27.8 Å². The van der Waals surface area contributed by atoms with Gasteiger partial charge in [0.2, 0.25) is 6.29 Å². The van der Waals surface area contributed by atoms with Gasteiger partial charge in [-0.1, -0.05) is 29.3 Å². The van der Waals surface area contributed by atoms with Crippen molar-refractivity contribution in [3.8, 4) is 22.6 Å². The zero-order valence-electron chi connectivity index (χ0n) is 31.8. The highest BCUT2D eigenvalue weighted by molar-refractivity contribution is 5.95. The van der Waals surface area contributed by atoms with E-state index in [1.54, 1.807) is 23.4 Å². The van der Waals surface area contributed by atoms with Crippen LogP contribution in [0.1, 0.15) is 23.1 Å². The maximum atomic E-state index is 13.5. The summed E-state index contributed by atoms with van der Waals surface area (Å²) in [5, 5.41) is 56.5. The number of rotatable bonds is 14. The molecule has 0 spiro atoms. The van der Waals surface area contributed by atoms with Crippen LogP contribution in [0.4, 0.5) is 0 Å². The van der Waals surface area contributed by atoms with Crippen LogP contribution < -0.4 is 15.5 Å². The summed E-state index contributed by atoms with van der Waals surface area (Å²) >= 11 is 0. The van der Waals surface area contributed by atoms with Gasteiger partial charge in [0.05, 0.1) is 28.9 Å². The molecular formula is C42H43N3O13. The van der Waals surface area contributed by atoms with Crippen LogP contribution >= 0.6 is 0 Å². The Kier molecular flexibility index (Phi) is 11.8. The molecule has 0 saturated carbocycles. The number of hydroxylamine groups is 2. The maximum Gasteiger partial charge on any atom is 0.322 e. The Bertz CT molecular complexity index is 2330. The fourth-order valence-electron chi connectivity index (χ4n) is 7.40. The number of carbonyl (C=O) groups excluding carboxylic acids is 1. The van der Waals surface area contributed by atoms with Crippen molar-refractivity contribution >= 4 is 34.8 Å². The number of phenols is 1. The third-order valence-electron chi connectivity index (χ3n) is 10.3. The molecule has 3 aromatic carbocycles. The second kappa shape index (κ2) is 16.9. The Morgan fingerprint density at radius 3 is 2.45 bits per heavy atom. The molecule has 16 heteroatoms. The highest BCUT2D eigenvalue weighted by Gasteiger charge is 2.50. The summed E-state index contributed by atoms with van der Waals surface area (Å²) in [5.41, 5.74) is 5.56. The van der Waals surface area contributed by atoms with Crippen LogP contribution in [0.5, 0.6) is 11.5 Å². The second-order valence-corrected chi connectivity index (χ2v) is 14.3. The molecule has 0 unspecified atom stereocenters. The average molecular weight is 798 g/mol. The minimum Gasteiger partial charge on any atom is -0.508 e. The van der Waals surface area contributed by atoms with E-state index in [-0.39, 0.29) is 53.0 Å². The number of allylic oxidation sites excluding steroid dienone is 1. The van der Waals surface area contributed by atoms with Crippen LogP contribution in [0.2, 0.25) is 0 Å². The molecule has 7 atom stereocenters. The van der Waals surface area contributed by atoms with Crippen molar-refractivity contribution in [2.75, 3.05) is 26.8 Å². The Labute approximate surface area is 331 Å². The molecule has 16 nitrogen and oxygen atoms in total. The van der Waals surface area contributed by atoms with Crippen molar-refractivity contribution in [2.45, 2.75) is 57.0 Å². The van der Waals surface area contributed by atoms with Gasteiger partial charge in [0.25, 0.3) is 0 Å². The number of aliphatic imine (C=N–C) groups is 1. The number of benzene rings is 3. The molecule has 0 aliphatic carbocycles. The summed E-state index contributed by atoms with van der Waals surface area (Å²) in [6.45, 7) is 3.09. The van der Waals surface area contributed by atoms with E-state index >= 15 is 0 Å². The summed E-state index contributed by atoms with van der Waals surface area (Å²) in [5.74, 6) is -4.17. The fraction of sp³-hybridized carbons (Fsp3) is 0.333. The molecule has 4 heterocycles. The molecular weight excluding hydrogens is 754 g/mol. The first-order chi connectivity index (χ1) is 27.9. The van der Waals surface area contributed by atoms with Gasteiger partial charge in [0.1, 0.15) is 48.3 Å². The van der Waals surface area contributed by atoms with Crippen LogP contribution in [0.3, 0.4) is 0 Å². The predicted octanol–water partition coefficient (Wildman–Crippen LogP) is 2.82. The van der Waals surface area contributed by atoms with Crippen LogP contribution in [0, 0.1) is 19.8 Å².